The van der Waals surface area contributed by atoms with Gasteiger partial charge in [0.25, 0.3) is 0 Å². The number of anilines is 2. The number of rotatable bonds is 5. The van der Waals surface area contributed by atoms with E-state index in [0.29, 0.717) is 11.7 Å². The van der Waals surface area contributed by atoms with Crippen LogP contribution in [0.4, 0.5) is 11.5 Å². The van der Waals surface area contributed by atoms with Gasteiger partial charge in [0, 0.05) is 37.1 Å². The van der Waals surface area contributed by atoms with Crippen LogP contribution in [-0.2, 0) is 17.7 Å². The third-order valence-electron chi connectivity index (χ3n) is 5.83. The van der Waals surface area contributed by atoms with Gasteiger partial charge in [-0.05, 0) is 62.9 Å². The monoisotopic (exact) mass is 381 g/mol. The lowest BCUT2D eigenvalue weighted by Crippen LogP contribution is -2.36. The van der Waals surface area contributed by atoms with E-state index in [1.54, 1.807) is 0 Å². The SMILES string of the molecule is Cc1nc(N)cc(CC2CCN(Cc3ccc(N4CCOCC4)cc3)CC2)n1. The largest absolute Gasteiger partial charge is 0.384 e. The first-order valence-corrected chi connectivity index (χ1v) is 10.4. The topological polar surface area (TPSA) is 67.5 Å². The number of aryl methyl sites for hydroxylation is 1. The average Bonchev–Trinajstić information content (AvgIpc) is 2.70. The molecule has 1 aromatic heterocycles. The van der Waals surface area contributed by atoms with Gasteiger partial charge in [-0.2, -0.15) is 0 Å². The molecule has 6 heteroatoms. The minimum absolute atomic E-state index is 0.584. The minimum Gasteiger partial charge on any atom is -0.384 e. The highest BCUT2D eigenvalue weighted by atomic mass is 16.5. The van der Waals surface area contributed by atoms with Gasteiger partial charge in [-0.25, -0.2) is 9.97 Å². The van der Waals surface area contributed by atoms with Gasteiger partial charge >= 0.3 is 0 Å². The number of nitrogens with zero attached hydrogens (tertiary/aromatic N) is 4. The molecule has 0 saturated carbocycles. The lowest BCUT2D eigenvalue weighted by atomic mass is 9.92. The zero-order valence-corrected chi connectivity index (χ0v) is 16.8. The maximum atomic E-state index is 5.86. The molecule has 150 valence electrons. The number of hydrogen-bond donors (Lipinski definition) is 1. The fourth-order valence-corrected chi connectivity index (χ4v) is 4.30. The molecule has 2 aliphatic heterocycles. The van der Waals surface area contributed by atoms with Crippen molar-refractivity contribution in [1.82, 2.24) is 14.9 Å². The molecule has 4 rings (SSSR count). The maximum Gasteiger partial charge on any atom is 0.127 e. The fraction of sp³-hybridized carbons (Fsp3) is 0.545. The first-order valence-electron chi connectivity index (χ1n) is 10.4. The van der Waals surface area contributed by atoms with Gasteiger partial charge in [0.2, 0.25) is 0 Å². The molecule has 2 N–H and O–H groups in total. The normalized spacial score (nSPS) is 19.1. The van der Waals surface area contributed by atoms with Gasteiger partial charge in [0.05, 0.1) is 13.2 Å². The van der Waals surface area contributed by atoms with Crippen molar-refractivity contribution < 1.29 is 4.74 Å². The van der Waals surface area contributed by atoms with Crippen molar-refractivity contribution in [3.8, 4) is 0 Å². The van der Waals surface area contributed by atoms with E-state index in [9.17, 15) is 0 Å². The van der Waals surface area contributed by atoms with Crippen molar-refractivity contribution in [3.63, 3.8) is 0 Å². The molecule has 0 atom stereocenters. The smallest absolute Gasteiger partial charge is 0.127 e. The summed E-state index contributed by atoms with van der Waals surface area (Å²) in [7, 11) is 0. The highest BCUT2D eigenvalue weighted by Crippen LogP contribution is 2.24. The molecule has 2 saturated heterocycles. The summed E-state index contributed by atoms with van der Waals surface area (Å²) in [6.07, 6.45) is 3.44. The predicted molar refractivity (Wildman–Crippen MR) is 112 cm³/mol. The number of ether oxygens (including phenoxy) is 1. The highest BCUT2D eigenvalue weighted by molar-refractivity contribution is 5.47. The highest BCUT2D eigenvalue weighted by Gasteiger charge is 2.20. The average molecular weight is 382 g/mol. The van der Waals surface area contributed by atoms with Gasteiger partial charge in [0.15, 0.2) is 0 Å². The van der Waals surface area contributed by atoms with E-state index in [1.807, 2.05) is 13.0 Å². The summed E-state index contributed by atoms with van der Waals surface area (Å²) >= 11 is 0. The lowest BCUT2D eigenvalue weighted by molar-refractivity contribution is 0.122. The predicted octanol–water partition coefficient (Wildman–Crippen LogP) is 2.66. The summed E-state index contributed by atoms with van der Waals surface area (Å²) in [6.45, 7) is 8.89. The quantitative estimate of drug-likeness (QED) is 0.859. The Morgan fingerprint density at radius 3 is 2.43 bits per heavy atom. The van der Waals surface area contributed by atoms with Crippen LogP contribution >= 0.6 is 0 Å². The molecule has 3 heterocycles. The summed E-state index contributed by atoms with van der Waals surface area (Å²) < 4.78 is 5.44. The van der Waals surface area contributed by atoms with Crippen LogP contribution in [0.5, 0.6) is 0 Å². The maximum absolute atomic E-state index is 5.86. The van der Waals surface area contributed by atoms with Crippen LogP contribution < -0.4 is 10.6 Å². The summed E-state index contributed by atoms with van der Waals surface area (Å²) in [5, 5.41) is 0. The van der Waals surface area contributed by atoms with Crippen molar-refractivity contribution in [1.29, 1.82) is 0 Å². The molecule has 0 radical (unpaired) electrons. The van der Waals surface area contributed by atoms with Crippen LogP contribution in [0.1, 0.15) is 29.9 Å². The number of likely N-dealkylation sites (tertiary alicyclic amines) is 1. The minimum atomic E-state index is 0.584. The Morgan fingerprint density at radius 2 is 1.75 bits per heavy atom. The summed E-state index contributed by atoms with van der Waals surface area (Å²) in [5.74, 6) is 2.04. The van der Waals surface area contributed by atoms with Crippen LogP contribution in [0.25, 0.3) is 0 Å². The molecule has 1 aromatic carbocycles. The number of nitrogens with two attached hydrogens (primary N) is 1. The van der Waals surface area contributed by atoms with Crippen LogP contribution in [0.2, 0.25) is 0 Å². The van der Waals surface area contributed by atoms with Gasteiger partial charge in [-0.15, -0.1) is 0 Å². The van der Waals surface area contributed by atoms with Crippen molar-refractivity contribution in [2.75, 3.05) is 50.0 Å². The zero-order chi connectivity index (χ0) is 19.3. The van der Waals surface area contributed by atoms with Gasteiger partial charge in [-0.3, -0.25) is 4.90 Å². The summed E-state index contributed by atoms with van der Waals surface area (Å²) in [4.78, 5) is 13.7. The van der Waals surface area contributed by atoms with Crippen LogP contribution in [0.3, 0.4) is 0 Å². The zero-order valence-electron chi connectivity index (χ0n) is 16.8. The van der Waals surface area contributed by atoms with Gasteiger partial charge in [-0.1, -0.05) is 12.1 Å². The Kier molecular flexibility index (Phi) is 6.07. The molecule has 0 aliphatic carbocycles. The fourth-order valence-electron chi connectivity index (χ4n) is 4.30. The summed E-state index contributed by atoms with van der Waals surface area (Å²) in [6, 6.07) is 11.0. The number of benzene rings is 1. The van der Waals surface area contributed by atoms with E-state index in [0.717, 1.165) is 63.9 Å². The molecule has 2 aliphatic rings. The Morgan fingerprint density at radius 1 is 1.04 bits per heavy atom. The molecule has 0 unspecified atom stereocenters. The van der Waals surface area contributed by atoms with E-state index in [1.165, 1.54) is 24.1 Å². The Bertz CT molecular complexity index is 745. The third kappa shape index (κ3) is 5.00. The van der Waals surface area contributed by atoms with Crippen LogP contribution in [0.15, 0.2) is 30.3 Å². The molecule has 28 heavy (non-hydrogen) atoms. The molecule has 0 bridgehead atoms. The molecular weight excluding hydrogens is 350 g/mol. The second kappa shape index (κ2) is 8.88. The summed E-state index contributed by atoms with van der Waals surface area (Å²) in [5.41, 5.74) is 9.66. The van der Waals surface area contributed by atoms with Crippen LogP contribution in [-0.4, -0.2) is 54.3 Å². The van der Waals surface area contributed by atoms with Crippen LogP contribution in [0, 0.1) is 12.8 Å². The van der Waals surface area contributed by atoms with Gasteiger partial charge in [0.1, 0.15) is 11.6 Å². The van der Waals surface area contributed by atoms with Crippen molar-refractivity contribution in [2.24, 2.45) is 5.92 Å². The second-order valence-electron chi connectivity index (χ2n) is 8.02. The van der Waals surface area contributed by atoms with Crippen molar-refractivity contribution in [3.05, 3.63) is 47.4 Å². The van der Waals surface area contributed by atoms with E-state index in [4.69, 9.17) is 10.5 Å². The van der Waals surface area contributed by atoms with E-state index < -0.39 is 0 Å². The van der Waals surface area contributed by atoms with Crippen molar-refractivity contribution in [2.45, 2.75) is 32.7 Å². The van der Waals surface area contributed by atoms with Crippen molar-refractivity contribution >= 4 is 11.5 Å². The molecule has 6 nitrogen and oxygen atoms in total. The van der Waals surface area contributed by atoms with E-state index >= 15 is 0 Å². The first-order chi connectivity index (χ1) is 13.7. The van der Waals surface area contributed by atoms with Gasteiger partial charge < -0.3 is 15.4 Å². The first kappa shape index (κ1) is 19.2. The molecule has 2 fully saturated rings. The van der Waals surface area contributed by atoms with E-state index in [-0.39, 0.29) is 0 Å². The number of piperidine rings is 1. The number of aromatic nitrogens is 2. The molecule has 0 spiro atoms. The standard InChI is InChI=1S/C22H31N5O/c1-17-24-20(15-22(23)25-17)14-18-6-8-26(9-7-18)16-19-2-4-21(5-3-19)27-10-12-28-13-11-27/h2-5,15,18H,6-14,16H2,1H3,(H2,23,24,25). The molecule has 2 aromatic rings. The molecular formula is C22H31N5O. The number of nitrogen functional groups attached to an aromatic ring is 1. The second-order valence-corrected chi connectivity index (χ2v) is 8.02. The lowest BCUT2D eigenvalue weighted by Gasteiger charge is -2.32. The number of morpholine rings is 1. The molecule has 0 amide bonds. The third-order valence-corrected chi connectivity index (χ3v) is 5.83. The Labute approximate surface area is 167 Å². The van der Waals surface area contributed by atoms with E-state index in [2.05, 4.69) is 44.0 Å². The Balaban J connectivity index is 1.26. The number of hydrogen-bond acceptors (Lipinski definition) is 6. The Hall–Kier alpha value is -2.18.